The molecule has 0 aliphatic carbocycles. The predicted octanol–water partition coefficient (Wildman–Crippen LogP) is 3.34. The number of nitrogens with two attached hydrogens (primary N) is 1. The van der Waals surface area contributed by atoms with Crippen LogP contribution in [0.2, 0.25) is 0 Å². The molecule has 0 atom stereocenters. The lowest BCUT2D eigenvalue weighted by Gasteiger charge is -2.27. The maximum Gasteiger partial charge on any atom is 0.123 e. The summed E-state index contributed by atoms with van der Waals surface area (Å²) in [6, 6.07) is 6.48. The minimum Gasteiger partial charge on any atom is -0.496 e. The average Bonchev–Trinajstić information content (AvgIpc) is 2.34. The number of hydrogen-bond acceptors (Lipinski definition) is 3. The molecule has 5 heteroatoms. The molecule has 106 valence electrons. The molecular formula is C14H21BrN2OS. The molecule has 0 unspecified atom stereocenters. The highest BCUT2D eigenvalue weighted by Crippen LogP contribution is 2.25. The number of hydrogen-bond donors (Lipinski definition) is 1. The first-order chi connectivity index (χ1) is 8.93. The Bertz CT molecular complexity index is 437. The van der Waals surface area contributed by atoms with E-state index >= 15 is 0 Å². The van der Waals surface area contributed by atoms with Gasteiger partial charge in [-0.3, -0.25) is 4.90 Å². The number of benzene rings is 1. The fourth-order valence-corrected chi connectivity index (χ4v) is 2.36. The third-order valence-corrected chi connectivity index (χ3v) is 3.69. The molecular weight excluding hydrogens is 324 g/mol. The van der Waals surface area contributed by atoms with Gasteiger partial charge < -0.3 is 10.5 Å². The topological polar surface area (TPSA) is 38.5 Å². The summed E-state index contributed by atoms with van der Waals surface area (Å²) in [5, 5.41) is 0. The maximum atomic E-state index is 5.59. The largest absolute Gasteiger partial charge is 0.496 e. The molecule has 0 amide bonds. The van der Waals surface area contributed by atoms with Crippen molar-refractivity contribution in [1.82, 2.24) is 4.90 Å². The van der Waals surface area contributed by atoms with Crippen LogP contribution in [-0.4, -0.2) is 29.6 Å². The summed E-state index contributed by atoms with van der Waals surface area (Å²) in [5.41, 5.74) is 6.75. The Balaban J connectivity index is 2.83. The fourth-order valence-electron chi connectivity index (χ4n) is 1.86. The predicted molar refractivity (Wildman–Crippen MR) is 87.6 cm³/mol. The molecule has 0 aliphatic rings. The van der Waals surface area contributed by atoms with E-state index in [0.29, 0.717) is 11.0 Å². The van der Waals surface area contributed by atoms with Crippen molar-refractivity contribution in [2.45, 2.75) is 32.9 Å². The zero-order chi connectivity index (χ0) is 14.4. The molecule has 0 radical (unpaired) electrons. The molecule has 0 spiro atoms. The van der Waals surface area contributed by atoms with Gasteiger partial charge in [-0.25, -0.2) is 0 Å². The van der Waals surface area contributed by atoms with Gasteiger partial charge in [-0.1, -0.05) is 28.1 Å². The minimum absolute atomic E-state index is 0.429. The van der Waals surface area contributed by atoms with Crippen LogP contribution in [0.1, 0.15) is 25.8 Å². The van der Waals surface area contributed by atoms with Crippen molar-refractivity contribution in [2.24, 2.45) is 5.73 Å². The highest BCUT2D eigenvalue weighted by atomic mass is 79.9. The number of nitrogens with zero attached hydrogens (tertiary/aromatic N) is 1. The minimum atomic E-state index is 0.429. The molecule has 3 nitrogen and oxygen atoms in total. The highest BCUT2D eigenvalue weighted by Gasteiger charge is 2.13. The van der Waals surface area contributed by atoms with Gasteiger partial charge in [-0.2, -0.15) is 0 Å². The fraction of sp³-hybridized carbons (Fsp3) is 0.500. The van der Waals surface area contributed by atoms with E-state index < -0.39 is 0 Å². The molecule has 0 fully saturated rings. The van der Waals surface area contributed by atoms with Gasteiger partial charge in [0.1, 0.15) is 5.75 Å². The number of ether oxygens (including phenoxy) is 1. The summed E-state index contributed by atoms with van der Waals surface area (Å²) in [6.45, 7) is 6.03. The van der Waals surface area contributed by atoms with Gasteiger partial charge in [0, 0.05) is 35.6 Å². The smallest absolute Gasteiger partial charge is 0.123 e. The number of methoxy groups -OCH3 is 1. The third kappa shape index (κ3) is 5.47. The lowest BCUT2D eigenvalue weighted by atomic mass is 10.1. The van der Waals surface area contributed by atoms with E-state index in [1.807, 2.05) is 12.1 Å². The van der Waals surface area contributed by atoms with E-state index in [0.717, 1.165) is 35.3 Å². The van der Waals surface area contributed by atoms with Gasteiger partial charge in [0.2, 0.25) is 0 Å². The Morgan fingerprint density at radius 2 is 2.16 bits per heavy atom. The van der Waals surface area contributed by atoms with Crippen molar-refractivity contribution in [3.63, 3.8) is 0 Å². The van der Waals surface area contributed by atoms with Crippen molar-refractivity contribution < 1.29 is 4.74 Å². The van der Waals surface area contributed by atoms with E-state index in [9.17, 15) is 0 Å². The van der Waals surface area contributed by atoms with Gasteiger partial charge in [0.15, 0.2) is 0 Å². The van der Waals surface area contributed by atoms with E-state index in [-0.39, 0.29) is 0 Å². The molecule has 1 aromatic carbocycles. The molecule has 0 aromatic heterocycles. The maximum absolute atomic E-state index is 5.59. The Morgan fingerprint density at radius 1 is 1.47 bits per heavy atom. The summed E-state index contributed by atoms with van der Waals surface area (Å²) >= 11 is 8.45. The number of halogens is 1. The Labute approximate surface area is 129 Å². The second-order valence-corrected chi connectivity index (χ2v) is 6.18. The summed E-state index contributed by atoms with van der Waals surface area (Å²) in [6.07, 6.45) is 0.740. The van der Waals surface area contributed by atoms with Crippen molar-refractivity contribution >= 4 is 33.1 Å². The van der Waals surface area contributed by atoms with Gasteiger partial charge in [-0.05, 0) is 32.0 Å². The van der Waals surface area contributed by atoms with Crippen molar-refractivity contribution in [2.75, 3.05) is 13.7 Å². The molecule has 0 heterocycles. The van der Waals surface area contributed by atoms with Crippen LogP contribution in [0, 0.1) is 0 Å². The van der Waals surface area contributed by atoms with Crippen molar-refractivity contribution in [3.8, 4) is 5.75 Å². The number of rotatable bonds is 7. The van der Waals surface area contributed by atoms with Gasteiger partial charge >= 0.3 is 0 Å². The van der Waals surface area contributed by atoms with Gasteiger partial charge in [-0.15, -0.1) is 0 Å². The molecule has 0 saturated carbocycles. The van der Waals surface area contributed by atoms with Crippen LogP contribution >= 0.6 is 28.1 Å². The second kappa shape index (κ2) is 7.82. The monoisotopic (exact) mass is 344 g/mol. The molecule has 19 heavy (non-hydrogen) atoms. The van der Waals surface area contributed by atoms with Crippen LogP contribution < -0.4 is 10.5 Å². The summed E-state index contributed by atoms with van der Waals surface area (Å²) < 4.78 is 6.47. The van der Waals surface area contributed by atoms with Gasteiger partial charge in [0.25, 0.3) is 0 Å². The zero-order valence-corrected chi connectivity index (χ0v) is 14.1. The number of thiocarbonyl (C=S) groups is 1. The summed E-state index contributed by atoms with van der Waals surface area (Å²) in [5.74, 6) is 0.907. The first kappa shape index (κ1) is 16.4. The standard InChI is InChI=1S/C14H21BrN2OS/c1-10(2)17(7-6-14(16)19)9-11-8-12(15)4-5-13(11)18-3/h4-5,8,10H,6-7,9H2,1-3H3,(H2,16,19). The second-order valence-electron chi connectivity index (χ2n) is 4.74. The van der Waals surface area contributed by atoms with Crippen molar-refractivity contribution in [1.29, 1.82) is 0 Å². The van der Waals surface area contributed by atoms with E-state index in [2.05, 4.69) is 40.7 Å². The van der Waals surface area contributed by atoms with Crippen LogP contribution in [0.3, 0.4) is 0 Å². The Morgan fingerprint density at radius 3 is 2.68 bits per heavy atom. The Kier molecular flexibility index (Phi) is 6.75. The average molecular weight is 345 g/mol. The quantitative estimate of drug-likeness (QED) is 0.770. The zero-order valence-electron chi connectivity index (χ0n) is 11.6. The van der Waals surface area contributed by atoms with Crippen LogP contribution in [0.25, 0.3) is 0 Å². The first-order valence-corrected chi connectivity index (χ1v) is 7.49. The molecule has 1 aromatic rings. The molecule has 2 N–H and O–H groups in total. The van der Waals surface area contributed by atoms with E-state index in [1.165, 1.54) is 0 Å². The molecule has 1 rings (SSSR count). The van der Waals surface area contributed by atoms with Crippen molar-refractivity contribution in [3.05, 3.63) is 28.2 Å². The van der Waals surface area contributed by atoms with E-state index in [1.54, 1.807) is 7.11 Å². The normalized spacial score (nSPS) is 11.1. The summed E-state index contributed by atoms with van der Waals surface area (Å²) in [4.78, 5) is 2.90. The Hall–Kier alpha value is -0.650. The molecule has 0 saturated heterocycles. The molecule has 0 aliphatic heterocycles. The van der Waals surface area contributed by atoms with E-state index in [4.69, 9.17) is 22.7 Å². The lowest BCUT2D eigenvalue weighted by molar-refractivity contribution is 0.216. The van der Waals surface area contributed by atoms with Crippen LogP contribution in [-0.2, 0) is 6.54 Å². The third-order valence-electron chi connectivity index (χ3n) is 2.99. The van der Waals surface area contributed by atoms with Crippen LogP contribution in [0.5, 0.6) is 5.75 Å². The lowest BCUT2D eigenvalue weighted by Crippen LogP contribution is -2.33. The van der Waals surface area contributed by atoms with Crippen LogP contribution in [0.15, 0.2) is 22.7 Å². The highest BCUT2D eigenvalue weighted by molar-refractivity contribution is 9.10. The van der Waals surface area contributed by atoms with Gasteiger partial charge in [0.05, 0.1) is 12.1 Å². The van der Waals surface area contributed by atoms with Crippen LogP contribution in [0.4, 0.5) is 0 Å². The summed E-state index contributed by atoms with van der Waals surface area (Å²) in [7, 11) is 1.70. The first-order valence-electron chi connectivity index (χ1n) is 6.28. The SMILES string of the molecule is COc1ccc(Br)cc1CN(CCC(N)=S)C(C)C. The molecule has 0 bridgehead atoms.